The van der Waals surface area contributed by atoms with Crippen molar-refractivity contribution in [1.29, 1.82) is 5.26 Å². The number of nitriles is 1. The number of nitrogens with one attached hydrogen (secondary N) is 2. The molecule has 0 radical (unpaired) electrons. The minimum Gasteiger partial charge on any atom is -0.495 e. The lowest BCUT2D eigenvalue weighted by Crippen LogP contribution is -2.41. The van der Waals surface area contributed by atoms with Crippen LogP contribution in [0, 0.1) is 42.8 Å². The molecule has 11 heteroatoms. The first-order valence-electron chi connectivity index (χ1n) is 9.82. The maximum absolute atomic E-state index is 13.8. The third-order valence-corrected chi connectivity index (χ3v) is 5.93. The van der Waals surface area contributed by atoms with Crippen molar-refractivity contribution in [2.75, 3.05) is 12.4 Å². The monoisotopic (exact) mass is 472 g/mol. The van der Waals surface area contributed by atoms with Crippen LogP contribution in [0.2, 0.25) is 0 Å². The molecule has 1 aromatic heterocycles. The minimum absolute atomic E-state index is 0.0347. The van der Waals surface area contributed by atoms with Crippen LogP contribution in [0.15, 0.2) is 41.2 Å². The number of hydrogen-bond acceptors (Lipinski definition) is 8. The Kier molecular flexibility index (Phi) is 6.11. The molecule has 2 N–H and O–H groups in total. The number of benzene rings is 2. The van der Waals surface area contributed by atoms with Crippen LogP contribution in [0.4, 0.5) is 18.9 Å². The molecule has 0 saturated heterocycles. The van der Waals surface area contributed by atoms with Crippen molar-refractivity contribution in [2.24, 2.45) is 4.99 Å². The Morgan fingerprint density at radius 1 is 1.18 bits per heavy atom. The Bertz CT molecular complexity index is 1310. The summed E-state index contributed by atoms with van der Waals surface area (Å²) in [5.74, 6) is -3.47. The topological polar surface area (TPSA) is 85.6 Å². The zero-order chi connectivity index (χ0) is 23.7. The predicted octanol–water partition coefficient (Wildman–Crippen LogP) is 4.50. The van der Waals surface area contributed by atoms with Crippen LogP contribution >= 0.6 is 11.3 Å². The smallest absolute Gasteiger partial charge is 0.205 e. The van der Waals surface area contributed by atoms with E-state index in [-0.39, 0.29) is 12.1 Å². The van der Waals surface area contributed by atoms with Gasteiger partial charge in [-0.15, -0.1) is 11.3 Å². The van der Waals surface area contributed by atoms with Gasteiger partial charge in [-0.25, -0.2) is 23.1 Å². The number of aryl methyl sites for hydroxylation is 2. The van der Waals surface area contributed by atoms with Crippen molar-refractivity contribution in [3.05, 3.63) is 69.8 Å². The maximum atomic E-state index is 13.8. The number of halogens is 3. The molecule has 7 nitrogen and oxygen atoms in total. The number of hydrogen-bond donors (Lipinski definition) is 2. The van der Waals surface area contributed by atoms with E-state index in [0.717, 1.165) is 38.6 Å². The molecule has 170 valence electrons. The van der Waals surface area contributed by atoms with Crippen molar-refractivity contribution >= 4 is 33.2 Å². The fraction of sp³-hybridized carbons (Fsp3) is 0.227. The summed E-state index contributed by atoms with van der Waals surface area (Å²) in [6.45, 7) is 3.81. The highest BCUT2D eigenvalue weighted by Crippen LogP contribution is 2.29. The van der Waals surface area contributed by atoms with Gasteiger partial charge in [0, 0.05) is 11.9 Å². The number of fused-ring (bicyclic) bond motifs is 1. The maximum Gasteiger partial charge on any atom is 0.205 e. The molecule has 2 heterocycles. The number of aliphatic imine (C=N–C) groups is 1. The molecule has 3 aromatic rings. The molecule has 0 fully saturated rings. The lowest BCUT2D eigenvalue weighted by atomic mass is 10.1. The number of ether oxygens (including phenoxy) is 1. The van der Waals surface area contributed by atoms with E-state index >= 15 is 0 Å². The summed E-state index contributed by atoms with van der Waals surface area (Å²) in [4.78, 5) is 10.6. The van der Waals surface area contributed by atoms with Crippen LogP contribution in [-0.2, 0) is 11.3 Å². The predicted molar refractivity (Wildman–Crippen MR) is 120 cm³/mol. The summed E-state index contributed by atoms with van der Waals surface area (Å²) in [5, 5.41) is 15.8. The molecular formula is C22H19F3N6OS. The Morgan fingerprint density at radius 2 is 1.91 bits per heavy atom. The van der Waals surface area contributed by atoms with Crippen molar-refractivity contribution in [2.45, 2.75) is 26.6 Å². The number of aromatic nitrogens is 1. The molecule has 0 amide bonds. The Hall–Kier alpha value is -3.78. The van der Waals surface area contributed by atoms with Crippen molar-refractivity contribution in [3.8, 4) is 6.19 Å². The number of thiazole rings is 1. The second kappa shape index (κ2) is 8.99. The third-order valence-electron chi connectivity index (χ3n) is 5.00. The zero-order valence-electron chi connectivity index (χ0n) is 17.9. The number of guanidine groups is 1. The quantitative estimate of drug-likeness (QED) is 0.323. The number of nitrogens with zero attached hydrogens (tertiary/aromatic N) is 4. The second-order valence-electron chi connectivity index (χ2n) is 7.34. The van der Waals surface area contributed by atoms with Gasteiger partial charge in [-0.1, -0.05) is 0 Å². The molecule has 0 bridgehead atoms. The molecule has 0 spiro atoms. The molecule has 0 aliphatic carbocycles. The van der Waals surface area contributed by atoms with Crippen LogP contribution in [0.3, 0.4) is 0 Å². The fourth-order valence-corrected chi connectivity index (χ4v) is 4.29. The van der Waals surface area contributed by atoms with Gasteiger partial charge in [0.25, 0.3) is 0 Å². The summed E-state index contributed by atoms with van der Waals surface area (Å²) in [6.07, 6.45) is 2.61. The molecule has 0 unspecified atom stereocenters. The van der Waals surface area contributed by atoms with E-state index in [1.165, 1.54) is 7.11 Å². The molecule has 1 aliphatic rings. The van der Waals surface area contributed by atoms with Crippen molar-refractivity contribution < 1.29 is 17.9 Å². The van der Waals surface area contributed by atoms with Gasteiger partial charge in [0.05, 0.1) is 28.9 Å². The zero-order valence-corrected chi connectivity index (χ0v) is 18.7. The normalized spacial score (nSPS) is 15.7. The standard InChI is InChI=1S/C22H19F3N6OS/c1-11-4-17-19(33-12(2)28-17)7-16(11)29-22-30-21(27-10-26)18(32-3)9-31(22)8-13-5-14(23)20(25)15(24)6-13/h4-7,9,21,27H,8H2,1-3H3,(H,29,30)/t21-/m1/s1. The van der Waals surface area contributed by atoms with Gasteiger partial charge in [0.15, 0.2) is 35.6 Å². The van der Waals surface area contributed by atoms with Crippen molar-refractivity contribution in [1.82, 2.24) is 15.2 Å². The molecular weight excluding hydrogens is 453 g/mol. The summed E-state index contributed by atoms with van der Waals surface area (Å²) in [7, 11) is 1.42. The summed E-state index contributed by atoms with van der Waals surface area (Å²) in [6, 6.07) is 5.73. The molecule has 1 atom stereocenters. The summed E-state index contributed by atoms with van der Waals surface area (Å²) < 4.78 is 47.3. The largest absolute Gasteiger partial charge is 0.495 e. The van der Waals surface area contributed by atoms with E-state index in [9.17, 15) is 13.2 Å². The molecule has 1 aliphatic heterocycles. The number of anilines is 1. The van der Waals surface area contributed by atoms with Gasteiger partial charge in [0.1, 0.15) is 0 Å². The van der Waals surface area contributed by atoms with E-state index < -0.39 is 23.6 Å². The van der Waals surface area contributed by atoms with Crippen LogP contribution < -0.4 is 10.6 Å². The lowest BCUT2D eigenvalue weighted by Gasteiger charge is -2.31. The van der Waals surface area contributed by atoms with E-state index in [0.29, 0.717) is 11.7 Å². The Balaban J connectivity index is 1.72. The van der Waals surface area contributed by atoms with Gasteiger partial charge >= 0.3 is 0 Å². The van der Waals surface area contributed by atoms with E-state index in [1.807, 2.05) is 32.2 Å². The first-order chi connectivity index (χ1) is 15.8. The Labute approximate surface area is 191 Å². The van der Waals surface area contributed by atoms with Gasteiger partial charge in [-0.2, -0.15) is 5.26 Å². The highest BCUT2D eigenvalue weighted by molar-refractivity contribution is 7.18. The van der Waals surface area contributed by atoms with Crippen LogP contribution in [0.25, 0.3) is 10.2 Å². The highest BCUT2D eigenvalue weighted by Gasteiger charge is 2.26. The average Bonchev–Trinajstić information content (AvgIpc) is 3.12. The summed E-state index contributed by atoms with van der Waals surface area (Å²) in [5.41, 5.74) is 2.72. The third kappa shape index (κ3) is 4.56. The molecule has 0 saturated carbocycles. The SMILES string of the molecule is COC1=CN(Cc2cc(F)c(F)c(F)c2)C(Nc2cc3sc(C)nc3cc2C)=N[C@H]1NC#N. The van der Waals surface area contributed by atoms with Gasteiger partial charge < -0.3 is 15.0 Å². The lowest BCUT2D eigenvalue weighted by molar-refractivity contribution is 0.244. The van der Waals surface area contributed by atoms with E-state index in [4.69, 9.17) is 10.00 Å². The van der Waals surface area contributed by atoms with Gasteiger partial charge in [0.2, 0.25) is 5.96 Å². The van der Waals surface area contributed by atoms with E-state index in [1.54, 1.807) is 22.4 Å². The van der Waals surface area contributed by atoms with Crippen LogP contribution in [0.5, 0.6) is 0 Å². The Morgan fingerprint density at radius 3 is 2.58 bits per heavy atom. The van der Waals surface area contributed by atoms with Crippen LogP contribution in [0.1, 0.15) is 16.1 Å². The van der Waals surface area contributed by atoms with Crippen LogP contribution in [-0.4, -0.2) is 29.1 Å². The van der Waals surface area contributed by atoms with Gasteiger partial charge in [-0.3, -0.25) is 5.32 Å². The van der Waals surface area contributed by atoms with E-state index in [2.05, 4.69) is 20.6 Å². The first kappa shape index (κ1) is 22.4. The number of rotatable bonds is 5. The molecule has 4 rings (SSSR count). The number of methoxy groups -OCH3 is 1. The van der Waals surface area contributed by atoms with Gasteiger partial charge in [-0.05, 0) is 49.2 Å². The minimum atomic E-state index is -1.53. The molecule has 2 aromatic carbocycles. The fourth-order valence-electron chi connectivity index (χ4n) is 3.44. The molecule has 33 heavy (non-hydrogen) atoms. The first-order valence-corrected chi connectivity index (χ1v) is 10.6. The second-order valence-corrected chi connectivity index (χ2v) is 8.58. The summed E-state index contributed by atoms with van der Waals surface area (Å²) >= 11 is 1.55. The average molecular weight is 472 g/mol. The van der Waals surface area contributed by atoms with Crippen molar-refractivity contribution in [3.63, 3.8) is 0 Å². The highest BCUT2D eigenvalue weighted by atomic mass is 32.1.